The molecule has 0 spiro atoms. The minimum atomic E-state index is -1.65. The van der Waals surface area contributed by atoms with E-state index < -0.39 is 65.3 Å². The highest BCUT2D eigenvalue weighted by molar-refractivity contribution is 6.20. The molecular formula is C20H19ClF3N3O7. The van der Waals surface area contributed by atoms with Gasteiger partial charge in [0.15, 0.2) is 35.2 Å². The highest BCUT2D eigenvalue weighted by Gasteiger charge is 2.51. The number of nitrogens with zero attached hydrogens (tertiary/aromatic N) is 3. The molecule has 2 heterocycles. The monoisotopic (exact) mass is 505 g/mol. The van der Waals surface area contributed by atoms with Gasteiger partial charge in [-0.05, 0) is 12.1 Å². The van der Waals surface area contributed by atoms with Gasteiger partial charge in [0, 0.05) is 26.3 Å². The van der Waals surface area contributed by atoms with Gasteiger partial charge < -0.3 is 18.9 Å². The van der Waals surface area contributed by atoms with Crippen LogP contribution in [0.2, 0.25) is 0 Å². The summed E-state index contributed by atoms with van der Waals surface area (Å²) in [5.74, 6) is -6.65. The molecule has 1 saturated heterocycles. The smallest absolute Gasteiger partial charge is 0.303 e. The summed E-state index contributed by atoms with van der Waals surface area (Å²) >= 11 is 6.28. The van der Waals surface area contributed by atoms with Gasteiger partial charge in [-0.1, -0.05) is 16.8 Å². The molecular weight excluding hydrogens is 487 g/mol. The van der Waals surface area contributed by atoms with Crippen molar-refractivity contribution < 1.29 is 46.5 Å². The van der Waals surface area contributed by atoms with Crippen molar-refractivity contribution in [1.82, 2.24) is 15.0 Å². The van der Waals surface area contributed by atoms with Gasteiger partial charge >= 0.3 is 17.9 Å². The van der Waals surface area contributed by atoms with E-state index in [-0.39, 0.29) is 17.9 Å². The minimum Gasteiger partial charge on any atom is -0.463 e. The third-order valence-electron chi connectivity index (χ3n) is 4.75. The Morgan fingerprint density at radius 3 is 2.18 bits per heavy atom. The van der Waals surface area contributed by atoms with Crippen molar-refractivity contribution in [1.29, 1.82) is 0 Å². The lowest BCUT2D eigenvalue weighted by Gasteiger charge is -2.43. The number of alkyl halides is 1. The standard InChI is InChI=1S/C20H19ClF3N3O7/c1-8(28)31-7-15-18(32-9(2)29)17(19(20(21)34-15)33-10(3)30)27-6-14(25-26-27)11-4-12(22)16(24)13(23)5-11/h4-6,15,17-20H,7H2,1-3H3/t15?,17?,18-,19?,20+/m0/s1. The molecule has 3 unspecified atom stereocenters. The maximum atomic E-state index is 13.7. The van der Waals surface area contributed by atoms with Crippen LogP contribution in [0.25, 0.3) is 11.3 Å². The molecule has 10 nitrogen and oxygen atoms in total. The molecule has 14 heteroatoms. The fourth-order valence-corrected chi connectivity index (χ4v) is 3.76. The highest BCUT2D eigenvalue weighted by Crippen LogP contribution is 2.36. The van der Waals surface area contributed by atoms with Crippen LogP contribution in [0, 0.1) is 17.5 Å². The SMILES string of the molecule is CC(=O)OCC1O[C@@H](Cl)C(OC(C)=O)C(n2cc(-c3cc(F)c(F)c(F)c3)nn2)[C@H]1OC(C)=O. The van der Waals surface area contributed by atoms with E-state index in [1.807, 2.05) is 0 Å². The number of carbonyl (C=O) groups is 3. The maximum Gasteiger partial charge on any atom is 0.303 e. The summed E-state index contributed by atoms with van der Waals surface area (Å²) in [4.78, 5) is 34.8. The van der Waals surface area contributed by atoms with Crippen molar-refractivity contribution in [2.75, 3.05) is 6.61 Å². The Labute approximate surface area is 195 Å². The molecule has 2 aromatic rings. The quantitative estimate of drug-likeness (QED) is 0.252. The van der Waals surface area contributed by atoms with Gasteiger partial charge in [0.2, 0.25) is 0 Å². The fraction of sp³-hybridized carbons (Fsp3) is 0.450. The Morgan fingerprint density at radius 2 is 1.62 bits per heavy atom. The highest BCUT2D eigenvalue weighted by atomic mass is 35.5. The molecule has 1 fully saturated rings. The first-order valence-electron chi connectivity index (χ1n) is 9.82. The first-order chi connectivity index (χ1) is 16.0. The predicted octanol–water partition coefficient (Wildman–Crippen LogP) is 2.29. The average Bonchev–Trinajstić information content (AvgIpc) is 3.22. The number of ether oxygens (including phenoxy) is 4. The topological polar surface area (TPSA) is 119 Å². The second-order valence-electron chi connectivity index (χ2n) is 7.30. The van der Waals surface area contributed by atoms with Crippen molar-refractivity contribution in [3.05, 3.63) is 35.8 Å². The van der Waals surface area contributed by atoms with E-state index >= 15 is 0 Å². The number of aromatic nitrogens is 3. The molecule has 34 heavy (non-hydrogen) atoms. The second kappa shape index (κ2) is 10.4. The zero-order valence-electron chi connectivity index (χ0n) is 18.0. The third kappa shape index (κ3) is 5.65. The summed E-state index contributed by atoms with van der Waals surface area (Å²) < 4.78 is 63.0. The van der Waals surface area contributed by atoms with Crippen LogP contribution in [-0.2, 0) is 33.3 Å². The first kappa shape index (κ1) is 25.4. The number of benzene rings is 1. The van der Waals surface area contributed by atoms with Crippen molar-refractivity contribution in [2.24, 2.45) is 0 Å². The van der Waals surface area contributed by atoms with E-state index in [1.165, 1.54) is 6.20 Å². The summed E-state index contributed by atoms with van der Waals surface area (Å²) in [6, 6.07) is 0.288. The zero-order valence-corrected chi connectivity index (χ0v) is 18.8. The van der Waals surface area contributed by atoms with E-state index in [0.717, 1.165) is 37.6 Å². The first-order valence-corrected chi connectivity index (χ1v) is 10.3. The van der Waals surface area contributed by atoms with Gasteiger partial charge in [0.05, 0.1) is 6.20 Å². The summed E-state index contributed by atoms with van der Waals surface area (Å²) in [6.45, 7) is 3.02. The van der Waals surface area contributed by atoms with E-state index in [9.17, 15) is 27.6 Å². The lowest BCUT2D eigenvalue weighted by molar-refractivity contribution is -0.213. The van der Waals surface area contributed by atoms with Crippen LogP contribution >= 0.6 is 11.6 Å². The van der Waals surface area contributed by atoms with Crippen LogP contribution in [0.3, 0.4) is 0 Å². The number of carbonyl (C=O) groups excluding carboxylic acids is 3. The van der Waals surface area contributed by atoms with E-state index in [1.54, 1.807) is 0 Å². The molecule has 1 aromatic heterocycles. The van der Waals surface area contributed by atoms with Crippen molar-refractivity contribution in [3.8, 4) is 11.3 Å². The molecule has 0 saturated carbocycles. The van der Waals surface area contributed by atoms with Crippen LogP contribution in [0.15, 0.2) is 18.3 Å². The Balaban J connectivity index is 2.05. The van der Waals surface area contributed by atoms with Gasteiger partial charge in [-0.15, -0.1) is 5.10 Å². The Kier molecular flexibility index (Phi) is 7.77. The Hall–Kier alpha value is -3.19. The normalized spacial score (nSPS) is 24.4. The van der Waals surface area contributed by atoms with Crippen LogP contribution in [0.1, 0.15) is 26.8 Å². The Morgan fingerprint density at radius 1 is 1.03 bits per heavy atom. The van der Waals surface area contributed by atoms with Crippen molar-refractivity contribution in [2.45, 2.75) is 50.7 Å². The molecule has 1 aliphatic rings. The molecule has 1 aromatic carbocycles. The van der Waals surface area contributed by atoms with Crippen LogP contribution in [0.5, 0.6) is 0 Å². The van der Waals surface area contributed by atoms with Crippen LogP contribution < -0.4 is 0 Å². The number of hydrogen-bond donors (Lipinski definition) is 0. The third-order valence-corrected chi connectivity index (χ3v) is 5.10. The van der Waals surface area contributed by atoms with Crippen molar-refractivity contribution in [3.63, 3.8) is 0 Å². The number of hydrogen-bond acceptors (Lipinski definition) is 9. The maximum absolute atomic E-state index is 13.7. The van der Waals surface area contributed by atoms with Gasteiger partial charge in [0.25, 0.3) is 0 Å². The molecule has 0 bridgehead atoms. The van der Waals surface area contributed by atoms with E-state index in [4.69, 9.17) is 30.5 Å². The largest absolute Gasteiger partial charge is 0.463 e. The zero-order chi connectivity index (χ0) is 25.2. The molecule has 0 amide bonds. The average molecular weight is 506 g/mol. The molecule has 3 rings (SSSR count). The lowest BCUT2D eigenvalue weighted by atomic mass is 9.96. The summed E-state index contributed by atoms with van der Waals surface area (Å²) in [7, 11) is 0. The van der Waals surface area contributed by atoms with Crippen molar-refractivity contribution >= 4 is 29.5 Å². The molecule has 0 radical (unpaired) electrons. The van der Waals surface area contributed by atoms with Gasteiger partial charge in [-0.25, -0.2) is 17.9 Å². The van der Waals surface area contributed by atoms with Gasteiger partial charge in [-0.2, -0.15) is 0 Å². The number of halogens is 4. The van der Waals surface area contributed by atoms with Crippen LogP contribution in [0.4, 0.5) is 13.2 Å². The van der Waals surface area contributed by atoms with Gasteiger partial charge in [0.1, 0.15) is 24.4 Å². The molecule has 5 atom stereocenters. The molecule has 1 aliphatic heterocycles. The number of rotatable bonds is 6. The summed E-state index contributed by atoms with van der Waals surface area (Å²) in [5.41, 5.74) is -1.51. The molecule has 0 N–H and O–H groups in total. The predicted molar refractivity (Wildman–Crippen MR) is 107 cm³/mol. The Bertz CT molecular complexity index is 1080. The lowest BCUT2D eigenvalue weighted by Crippen LogP contribution is -2.57. The molecule has 184 valence electrons. The number of esters is 3. The minimum absolute atomic E-state index is 0.0740. The second-order valence-corrected chi connectivity index (χ2v) is 7.73. The van der Waals surface area contributed by atoms with E-state index in [0.29, 0.717) is 0 Å². The fourth-order valence-electron chi connectivity index (χ4n) is 3.43. The summed E-state index contributed by atoms with van der Waals surface area (Å²) in [6.07, 6.45) is -2.40. The van der Waals surface area contributed by atoms with Gasteiger partial charge in [-0.3, -0.25) is 14.4 Å². The van der Waals surface area contributed by atoms with Crippen LogP contribution in [-0.4, -0.2) is 63.4 Å². The molecule has 0 aliphatic carbocycles. The van der Waals surface area contributed by atoms with E-state index in [2.05, 4.69) is 10.3 Å². The summed E-state index contributed by atoms with van der Waals surface area (Å²) in [5, 5.41) is 7.73.